The van der Waals surface area contributed by atoms with Gasteiger partial charge in [0.1, 0.15) is 0 Å². The number of rotatable bonds is 3. The minimum Gasteiger partial charge on any atom is -0.301 e. The summed E-state index contributed by atoms with van der Waals surface area (Å²) in [4.78, 5) is 24.9. The van der Waals surface area contributed by atoms with Crippen LogP contribution in [0.1, 0.15) is 10.4 Å². The van der Waals surface area contributed by atoms with Gasteiger partial charge in [-0.15, -0.1) is 11.6 Å². The van der Waals surface area contributed by atoms with Gasteiger partial charge in [-0.1, -0.05) is 29.8 Å². The van der Waals surface area contributed by atoms with Crippen LogP contribution in [0, 0.1) is 0 Å². The predicted octanol–water partition coefficient (Wildman–Crippen LogP) is 2.66. The van der Waals surface area contributed by atoms with Crippen LogP contribution < -0.4 is 4.90 Å². The lowest BCUT2D eigenvalue weighted by Crippen LogP contribution is -2.29. The van der Waals surface area contributed by atoms with Crippen LogP contribution in [0.25, 0.3) is 0 Å². The highest BCUT2D eigenvalue weighted by atomic mass is 35.5. The Morgan fingerprint density at radius 3 is 2.71 bits per heavy atom. The normalized spacial score (nSPS) is 14.8. The Morgan fingerprint density at radius 1 is 1.24 bits per heavy atom. The van der Waals surface area contributed by atoms with Crippen molar-refractivity contribution in [3.63, 3.8) is 0 Å². The van der Waals surface area contributed by atoms with Gasteiger partial charge in [-0.25, -0.2) is 0 Å². The largest absolute Gasteiger partial charge is 0.301 e. The van der Waals surface area contributed by atoms with E-state index in [0.29, 0.717) is 28.7 Å². The van der Waals surface area contributed by atoms with Crippen molar-refractivity contribution in [3.8, 4) is 0 Å². The highest BCUT2D eigenvalue weighted by Gasteiger charge is 2.36. The van der Waals surface area contributed by atoms with Gasteiger partial charge in [0.15, 0.2) is 0 Å². The molecular weight excluding hydrogens is 261 g/mol. The average molecular weight is 270 g/mol. The van der Waals surface area contributed by atoms with E-state index >= 15 is 0 Å². The number of alkyl halides is 1. The molecule has 0 fully saturated rings. The summed E-state index contributed by atoms with van der Waals surface area (Å²) in [6.45, 7) is 0.324. The summed E-state index contributed by atoms with van der Waals surface area (Å²) < 4.78 is 0. The number of Topliss-reactive ketones (excluding diaryl/α,β-unsaturated/α-hetero) is 1. The number of anilines is 1. The third-order valence-electron chi connectivity index (χ3n) is 2.49. The number of carbonyl (C=O) groups excluding carboxylic acids is 2. The van der Waals surface area contributed by atoms with Crippen LogP contribution in [-0.2, 0) is 4.79 Å². The van der Waals surface area contributed by atoms with Crippen molar-refractivity contribution in [2.24, 2.45) is 0 Å². The fraction of sp³-hybridized carbons (Fsp3) is 0.167. The van der Waals surface area contributed by atoms with Gasteiger partial charge in [0.25, 0.3) is 11.7 Å². The maximum Gasteiger partial charge on any atom is 0.299 e. The summed E-state index contributed by atoms with van der Waals surface area (Å²) in [7, 11) is 0. The molecule has 0 bridgehead atoms. The molecule has 1 aliphatic heterocycles. The van der Waals surface area contributed by atoms with Crippen molar-refractivity contribution < 1.29 is 9.59 Å². The zero-order valence-corrected chi connectivity index (χ0v) is 10.3. The number of nitrogens with zero attached hydrogens (tertiary/aromatic N) is 1. The molecule has 0 radical (unpaired) electrons. The fourth-order valence-corrected chi connectivity index (χ4v) is 2.11. The fourth-order valence-electron chi connectivity index (χ4n) is 1.73. The van der Waals surface area contributed by atoms with Crippen LogP contribution in [-0.4, -0.2) is 24.1 Å². The maximum absolute atomic E-state index is 11.8. The Labute approximate surface area is 109 Å². The van der Waals surface area contributed by atoms with E-state index in [0.717, 1.165) is 0 Å². The molecule has 0 N–H and O–H groups in total. The first-order chi connectivity index (χ1) is 8.16. The van der Waals surface area contributed by atoms with E-state index in [1.165, 1.54) is 4.90 Å². The minimum atomic E-state index is -0.551. The molecule has 1 aromatic carbocycles. The molecule has 0 saturated heterocycles. The standard InChI is InChI=1S/C12H9Cl2NO2/c13-6-1-2-7-15-9-5-3-4-8(14)10(9)11(16)12(15)17/h1-5H,6-7H2. The van der Waals surface area contributed by atoms with Crippen molar-refractivity contribution in [2.75, 3.05) is 17.3 Å². The van der Waals surface area contributed by atoms with E-state index in [1.807, 2.05) is 0 Å². The highest BCUT2D eigenvalue weighted by Crippen LogP contribution is 2.33. The Kier molecular flexibility index (Phi) is 3.50. The van der Waals surface area contributed by atoms with Gasteiger partial charge in [0.2, 0.25) is 0 Å². The molecule has 0 saturated carbocycles. The minimum absolute atomic E-state index is 0.290. The quantitative estimate of drug-likeness (QED) is 0.481. The number of amides is 1. The first-order valence-corrected chi connectivity index (χ1v) is 5.93. The number of fused-ring (bicyclic) bond motifs is 1. The summed E-state index contributed by atoms with van der Waals surface area (Å²) in [5, 5.41) is 0.310. The zero-order chi connectivity index (χ0) is 12.4. The van der Waals surface area contributed by atoms with Crippen molar-refractivity contribution in [1.82, 2.24) is 0 Å². The number of halogens is 2. The van der Waals surface area contributed by atoms with Crippen LogP contribution in [0.2, 0.25) is 5.02 Å². The second-order valence-corrected chi connectivity index (χ2v) is 4.22. The molecule has 5 heteroatoms. The molecule has 0 spiro atoms. The van der Waals surface area contributed by atoms with Crippen LogP contribution in [0.3, 0.4) is 0 Å². The van der Waals surface area contributed by atoms with E-state index < -0.39 is 11.7 Å². The van der Waals surface area contributed by atoms with E-state index in [1.54, 1.807) is 30.4 Å². The number of hydrogen-bond donors (Lipinski definition) is 0. The lowest BCUT2D eigenvalue weighted by molar-refractivity contribution is -0.114. The smallest absolute Gasteiger partial charge is 0.299 e. The van der Waals surface area contributed by atoms with Crippen LogP contribution in [0.5, 0.6) is 0 Å². The molecule has 1 aliphatic rings. The SMILES string of the molecule is O=C1C(=O)N(CC=CCCl)c2cccc(Cl)c21. The van der Waals surface area contributed by atoms with Gasteiger partial charge in [-0.2, -0.15) is 0 Å². The summed E-state index contributed by atoms with van der Waals surface area (Å²) >= 11 is 11.4. The number of benzene rings is 1. The second kappa shape index (κ2) is 4.90. The zero-order valence-electron chi connectivity index (χ0n) is 8.82. The number of hydrogen-bond acceptors (Lipinski definition) is 2. The molecule has 1 aromatic rings. The number of ketones is 1. The summed E-state index contributed by atoms with van der Waals surface area (Å²) in [6, 6.07) is 5.02. The van der Waals surface area contributed by atoms with Crippen LogP contribution in [0.4, 0.5) is 5.69 Å². The van der Waals surface area contributed by atoms with Gasteiger partial charge in [0.05, 0.1) is 16.3 Å². The second-order valence-electron chi connectivity index (χ2n) is 3.50. The van der Waals surface area contributed by atoms with Crippen molar-refractivity contribution in [1.29, 1.82) is 0 Å². The van der Waals surface area contributed by atoms with Gasteiger partial charge in [-0.05, 0) is 12.1 Å². The topological polar surface area (TPSA) is 37.4 Å². The van der Waals surface area contributed by atoms with Crippen LogP contribution >= 0.6 is 23.2 Å². The Hall–Kier alpha value is -1.32. The molecule has 88 valence electrons. The summed E-state index contributed by atoms with van der Waals surface area (Å²) in [6.07, 6.45) is 3.47. The lowest BCUT2D eigenvalue weighted by atomic mass is 10.1. The molecule has 0 unspecified atom stereocenters. The molecule has 1 amide bonds. The summed E-state index contributed by atoms with van der Waals surface area (Å²) in [5.74, 6) is -0.726. The Balaban J connectivity index is 2.38. The highest BCUT2D eigenvalue weighted by molar-refractivity contribution is 6.55. The lowest BCUT2D eigenvalue weighted by Gasteiger charge is -2.13. The van der Waals surface area contributed by atoms with Crippen LogP contribution in [0.15, 0.2) is 30.4 Å². The maximum atomic E-state index is 11.8. The van der Waals surface area contributed by atoms with Gasteiger partial charge >= 0.3 is 0 Å². The van der Waals surface area contributed by atoms with E-state index in [-0.39, 0.29) is 0 Å². The van der Waals surface area contributed by atoms with Gasteiger partial charge in [-0.3, -0.25) is 9.59 Å². The Bertz CT molecular complexity index is 511. The van der Waals surface area contributed by atoms with Gasteiger partial charge < -0.3 is 4.90 Å². The van der Waals surface area contributed by atoms with E-state index in [4.69, 9.17) is 23.2 Å². The molecule has 2 rings (SSSR count). The number of carbonyl (C=O) groups is 2. The predicted molar refractivity (Wildman–Crippen MR) is 68.0 cm³/mol. The molecule has 3 nitrogen and oxygen atoms in total. The molecule has 0 atom stereocenters. The molecular formula is C12H9Cl2NO2. The molecule has 17 heavy (non-hydrogen) atoms. The van der Waals surface area contributed by atoms with E-state index in [2.05, 4.69) is 0 Å². The molecule has 1 heterocycles. The van der Waals surface area contributed by atoms with Crippen molar-refractivity contribution in [2.45, 2.75) is 0 Å². The van der Waals surface area contributed by atoms with Crippen molar-refractivity contribution >= 4 is 40.6 Å². The van der Waals surface area contributed by atoms with Crippen molar-refractivity contribution in [3.05, 3.63) is 40.9 Å². The molecule has 0 aromatic heterocycles. The first kappa shape index (κ1) is 12.1. The monoisotopic (exact) mass is 269 g/mol. The Morgan fingerprint density at radius 2 is 2.00 bits per heavy atom. The third kappa shape index (κ3) is 2.08. The first-order valence-electron chi connectivity index (χ1n) is 5.02. The molecule has 0 aliphatic carbocycles. The summed E-state index contributed by atoms with van der Waals surface area (Å²) in [5.41, 5.74) is 0.852. The van der Waals surface area contributed by atoms with Gasteiger partial charge in [0, 0.05) is 12.4 Å². The number of allylic oxidation sites excluding steroid dienone is 1. The average Bonchev–Trinajstić information content (AvgIpc) is 2.55. The third-order valence-corrected chi connectivity index (χ3v) is 2.99. The van der Waals surface area contributed by atoms with E-state index in [9.17, 15) is 9.59 Å².